The summed E-state index contributed by atoms with van der Waals surface area (Å²) >= 11 is 0. The molecular weight excluding hydrogens is 494 g/mol. The van der Waals surface area contributed by atoms with E-state index in [0.717, 1.165) is 16.2 Å². The predicted molar refractivity (Wildman–Crippen MR) is 148 cm³/mol. The van der Waals surface area contributed by atoms with Crippen molar-refractivity contribution >= 4 is 29.5 Å². The summed E-state index contributed by atoms with van der Waals surface area (Å²) in [5.74, 6) is -0.0477. The van der Waals surface area contributed by atoms with Gasteiger partial charge < -0.3 is 10.1 Å². The fourth-order valence-electron chi connectivity index (χ4n) is 4.31. The number of nitrogens with zero attached hydrogens (tertiary/aromatic N) is 3. The number of ether oxygens (including phenoxy) is 1. The van der Waals surface area contributed by atoms with E-state index in [1.54, 1.807) is 41.1 Å². The minimum Gasteiger partial charge on any atom is -0.446 e. The Labute approximate surface area is 226 Å². The number of carbonyl (C=O) groups is 3. The van der Waals surface area contributed by atoms with Crippen molar-refractivity contribution in [3.8, 4) is 5.69 Å². The Kier molecular flexibility index (Phi) is 6.89. The van der Waals surface area contributed by atoms with Gasteiger partial charge in [-0.25, -0.2) is 19.2 Å². The highest BCUT2D eigenvalue weighted by atomic mass is 16.6. The van der Waals surface area contributed by atoms with Crippen LogP contribution in [0, 0.1) is 0 Å². The highest BCUT2D eigenvalue weighted by Crippen LogP contribution is 2.31. The lowest BCUT2D eigenvalue weighted by atomic mass is 9.92. The summed E-state index contributed by atoms with van der Waals surface area (Å²) in [4.78, 5) is 40.1. The molecule has 0 radical (unpaired) electrons. The fourth-order valence-corrected chi connectivity index (χ4v) is 4.31. The van der Waals surface area contributed by atoms with Crippen LogP contribution in [-0.4, -0.2) is 39.3 Å². The van der Waals surface area contributed by atoms with Gasteiger partial charge in [-0.05, 0) is 35.9 Å². The van der Waals surface area contributed by atoms with Gasteiger partial charge >= 0.3 is 12.1 Å². The third-order valence-electron chi connectivity index (χ3n) is 6.36. The quantitative estimate of drug-likeness (QED) is 0.327. The van der Waals surface area contributed by atoms with Crippen molar-refractivity contribution in [1.29, 1.82) is 0 Å². The Bertz CT molecular complexity index is 1510. The molecule has 1 aromatic heterocycles. The topological polar surface area (TPSA) is 106 Å². The van der Waals surface area contributed by atoms with Crippen LogP contribution in [0.2, 0.25) is 0 Å². The number of rotatable bonds is 5. The fraction of sp³-hybridized carbons (Fsp3) is 0.200. The van der Waals surface area contributed by atoms with Crippen LogP contribution in [0.4, 0.5) is 21.1 Å². The molecule has 9 nitrogen and oxygen atoms in total. The smallest absolute Gasteiger partial charge is 0.417 e. The number of amides is 4. The van der Waals surface area contributed by atoms with Crippen molar-refractivity contribution in [2.75, 3.05) is 17.2 Å². The second kappa shape index (κ2) is 10.4. The Hall–Kier alpha value is -4.92. The minimum atomic E-state index is -0.687. The van der Waals surface area contributed by atoms with E-state index in [1.807, 2.05) is 75.4 Å². The van der Waals surface area contributed by atoms with Crippen molar-refractivity contribution in [1.82, 2.24) is 14.7 Å². The summed E-state index contributed by atoms with van der Waals surface area (Å²) in [6.07, 6.45) is -0.687. The first-order valence-corrected chi connectivity index (χ1v) is 12.6. The standard InChI is InChI=1S/C30H29N5O4/c1-30(2,3)25-18-26(32-28(37)31-22-14-8-5-9-15-22)35(33-25)23-16-10-13-21(17-23)27(36)34-24(19-39-29(34)38)20-11-6-4-7-12-20/h4-18,24H,19H2,1-3H3,(H2,31,32,37)/t24-/m1/s1. The maximum atomic E-state index is 13.6. The highest BCUT2D eigenvalue weighted by molar-refractivity contribution is 6.04. The molecule has 4 aromatic rings. The van der Waals surface area contributed by atoms with Crippen LogP contribution >= 0.6 is 0 Å². The van der Waals surface area contributed by atoms with Gasteiger partial charge in [-0.2, -0.15) is 5.10 Å². The lowest BCUT2D eigenvalue weighted by molar-refractivity contribution is 0.0774. The zero-order chi connectivity index (χ0) is 27.6. The van der Waals surface area contributed by atoms with Gasteiger partial charge in [0.1, 0.15) is 18.5 Å². The highest BCUT2D eigenvalue weighted by Gasteiger charge is 2.39. The number of nitrogens with one attached hydrogen (secondary N) is 2. The van der Waals surface area contributed by atoms with Gasteiger partial charge in [-0.1, -0.05) is 75.4 Å². The second-order valence-electron chi connectivity index (χ2n) is 10.3. The molecule has 0 bridgehead atoms. The summed E-state index contributed by atoms with van der Waals surface area (Å²) in [5, 5.41) is 10.4. The van der Waals surface area contributed by atoms with Crippen LogP contribution in [0.15, 0.2) is 91.0 Å². The molecule has 0 spiro atoms. The first-order chi connectivity index (χ1) is 18.7. The molecular formula is C30H29N5O4. The normalized spacial score (nSPS) is 15.1. The SMILES string of the molecule is CC(C)(C)c1cc(NC(=O)Nc2ccccc2)n(-c2cccc(C(=O)N3C(=O)OC[C@@H]3c3ccccc3)c2)n1. The molecule has 1 aliphatic heterocycles. The van der Waals surface area contributed by atoms with Crippen LogP contribution in [0.3, 0.4) is 0 Å². The van der Waals surface area contributed by atoms with Crippen molar-refractivity contribution in [3.05, 3.63) is 108 Å². The molecule has 0 saturated carbocycles. The summed E-state index contributed by atoms with van der Waals surface area (Å²) in [6.45, 7) is 6.16. The molecule has 5 rings (SSSR count). The Morgan fingerprint density at radius 2 is 1.59 bits per heavy atom. The van der Waals surface area contributed by atoms with E-state index in [1.165, 1.54) is 0 Å². The number of anilines is 2. The molecule has 198 valence electrons. The molecule has 1 atom stereocenters. The summed E-state index contributed by atoms with van der Waals surface area (Å²) in [6, 6.07) is 26.1. The number of urea groups is 1. The molecule has 3 aromatic carbocycles. The average Bonchev–Trinajstić information content (AvgIpc) is 3.53. The van der Waals surface area contributed by atoms with Gasteiger partial charge in [0.05, 0.1) is 11.4 Å². The van der Waals surface area contributed by atoms with E-state index < -0.39 is 24.1 Å². The van der Waals surface area contributed by atoms with Crippen LogP contribution < -0.4 is 10.6 Å². The minimum absolute atomic E-state index is 0.0902. The largest absolute Gasteiger partial charge is 0.446 e. The first-order valence-electron chi connectivity index (χ1n) is 12.6. The van der Waals surface area contributed by atoms with Crippen molar-refractivity contribution in [3.63, 3.8) is 0 Å². The average molecular weight is 524 g/mol. The second-order valence-corrected chi connectivity index (χ2v) is 10.3. The van der Waals surface area contributed by atoms with Crippen molar-refractivity contribution in [2.24, 2.45) is 0 Å². The van der Waals surface area contributed by atoms with Gasteiger partial charge in [-0.3, -0.25) is 10.1 Å². The Balaban J connectivity index is 1.46. The number of imide groups is 1. The van der Waals surface area contributed by atoms with E-state index in [0.29, 0.717) is 22.8 Å². The molecule has 2 N–H and O–H groups in total. The molecule has 1 saturated heterocycles. The Morgan fingerprint density at radius 3 is 2.28 bits per heavy atom. The maximum absolute atomic E-state index is 13.6. The third kappa shape index (κ3) is 5.52. The van der Waals surface area contributed by atoms with Crippen LogP contribution in [0.1, 0.15) is 48.4 Å². The molecule has 9 heteroatoms. The summed E-state index contributed by atoms with van der Waals surface area (Å²) in [5.41, 5.74) is 2.75. The summed E-state index contributed by atoms with van der Waals surface area (Å²) in [7, 11) is 0. The van der Waals surface area contributed by atoms with Crippen LogP contribution in [-0.2, 0) is 10.2 Å². The first kappa shape index (κ1) is 25.7. The molecule has 1 fully saturated rings. The van der Waals surface area contributed by atoms with E-state index in [-0.39, 0.29) is 12.0 Å². The van der Waals surface area contributed by atoms with Crippen LogP contribution in [0.25, 0.3) is 5.69 Å². The van der Waals surface area contributed by atoms with E-state index in [2.05, 4.69) is 10.6 Å². The van der Waals surface area contributed by atoms with Gasteiger partial charge in [0.2, 0.25) is 0 Å². The number of hydrogen-bond donors (Lipinski definition) is 2. The lowest BCUT2D eigenvalue weighted by Crippen LogP contribution is -2.34. The van der Waals surface area contributed by atoms with Gasteiger partial charge in [0, 0.05) is 22.7 Å². The Morgan fingerprint density at radius 1 is 0.897 bits per heavy atom. The maximum Gasteiger partial charge on any atom is 0.417 e. The molecule has 0 aliphatic carbocycles. The van der Waals surface area contributed by atoms with E-state index in [9.17, 15) is 14.4 Å². The molecule has 4 amide bonds. The van der Waals surface area contributed by atoms with E-state index in [4.69, 9.17) is 9.84 Å². The number of benzene rings is 3. The number of carbonyl (C=O) groups excluding carboxylic acids is 3. The molecule has 2 heterocycles. The van der Waals surface area contributed by atoms with Gasteiger partial charge in [-0.15, -0.1) is 0 Å². The van der Waals surface area contributed by atoms with Crippen LogP contribution in [0.5, 0.6) is 0 Å². The molecule has 1 aliphatic rings. The molecule has 0 unspecified atom stereocenters. The van der Waals surface area contributed by atoms with Crippen molar-refractivity contribution in [2.45, 2.75) is 32.2 Å². The third-order valence-corrected chi connectivity index (χ3v) is 6.36. The zero-order valence-corrected chi connectivity index (χ0v) is 21.9. The van der Waals surface area contributed by atoms with Gasteiger partial charge in [0.25, 0.3) is 5.91 Å². The number of para-hydroxylation sites is 1. The number of hydrogen-bond acceptors (Lipinski definition) is 5. The number of aromatic nitrogens is 2. The lowest BCUT2D eigenvalue weighted by Gasteiger charge is -2.20. The zero-order valence-electron chi connectivity index (χ0n) is 21.9. The number of cyclic esters (lactones) is 1. The predicted octanol–water partition coefficient (Wildman–Crippen LogP) is 6.15. The monoisotopic (exact) mass is 523 g/mol. The molecule has 39 heavy (non-hydrogen) atoms. The van der Waals surface area contributed by atoms with E-state index >= 15 is 0 Å². The van der Waals surface area contributed by atoms with Gasteiger partial charge in [0.15, 0.2) is 0 Å². The van der Waals surface area contributed by atoms with Crippen molar-refractivity contribution < 1.29 is 19.1 Å². The summed E-state index contributed by atoms with van der Waals surface area (Å²) < 4.78 is 6.82.